The van der Waals surface area contributed by atoms with Crippen molar-refractivity contribution in [1.29, 1.82) is 0 Å². The van der Waals surface area contributed by atoms with Gasteiger partial charge in [-0.1, -0.05) is 57.2 Å². The summed E-state index contributed by atoms with van der Waals surface area (Å²) in [6, 6.07) is 19.2. The highest BCUT2D eigenvalue weighted by molar-refractivity contribution is 9.10. The number of nitrogens with two attached hydrogens (primary N) is 1. The SMILES string of the molecule is Brc1ncnc2nc[nH]c12.CC(C)(C)O.CCN(C(C)C)C(C)C.CC[C@H](N)c1nc2cccc(F)c2c(=O)n1-c1cccc(CC(F)(F)F)c1.CC[C@H](Nc1ncnc2nc[nH]c12)c1nc2cccc(F)c2c(=O)n1-c1cccc(CC(F)(F)F)c1. The molecule has 10 rings (SSSR count). The third-order valence-electron chi connectivity index (χ3n) is 12.8. The van der Waals surface area contributed by atoms with Crippen molar-refractivity contribution in [3.05, 3.63) is 170 Å². The zero-order valence-corrected chi connectivity index (χ0v) is 51.0. The van der Waals surface area contributed by atoms with Crippen LogP contribution in [0.4, 0.5) is 40.9 Å². The summed E-state index contributed by atoms with van der Waals surface area (Å²) in [6.45, 7) is 21.2. The van der Waals surface area contributed by atoms with Crippen molar-refractivity contribution in [2.75, 3.05) is 11.9 Å². The Morgan fingerprint density at radius 1 is 0.632 bits per heavy atom. The lowest BCUT2D eigenvalue weighted by Crippen LogP contribution is -2.36. The minimum absolute atomic E-state index is 0.0171. The number of nitrogens with one attached hydrogen (secondary N) is 3. The van der Waals surface area contributed by atoms with Gasteiger partial charge in [-0.05, 0) is 143 Å². The van der Waals surface area contributed by atoms with Gasteiger partial charge in [0.15, 0.2) is 17.1 Å². The van der Waals surface area contributed by atoms with Crippen molar-refractivity contribution in [3.63, 3.8) is 0 Å². The van der Waals surface area contributed by atoms with Crippen LogP contribution in [0.1, 0.15) is 117 Å². The summed E-state index contributed by atoms with van der Waals surface area (Å²) in [5.41, 5.74) is 7.15. The minimum Gasteiger partial charge on any atom is -0.391 e. The molecule has 0 fully saturated rings. The number of nitrogens with zero attached hydrogens (tertiary/aromatic N) is 11. The molecule has 0 aliphatic heterocycles. The van der Waals surface area contributed by atoms with Crippen molar-refractivity contribution in [3.8, 4) is 11.4 Å². The lowest BCUT2D eigenvalue weighted by molar-refractivity contribution is -0.128. The van der Waals surface area contributed by atoms with Gasteiger partial charge in [-0.2, -0.15) is 26.3 Å². The molecule has 87 heavy (non-hydrogen) atoms. The summed E-state index contributed by atoms with van der Waals surface area (Å²) in [6.07, 6.45) is -4.44. The van der Waals surface area contributed by atoms with E-state index in [4.69, 9.17) is 10.8 Å². The fourth-order valence-electron chi connectivity index (χ4n) is 9.10. The fraction of sp³-hybridized carbons (Fsp3) is 0.367. The first-order valence-electron chi connectivity index (χ1n) is 27.6. The van der Waals surface area contributed by atoms with Crippen LogP contribution in [0.3, 0.4) is 0 Å². The third kappa shape index (κ3) is 18.4. The molecular formula is C60H68BrF8N15O3. The molecule has 6 heterocycles. The molecule has 0 unspecified atom stereocenters. The molecule has 0 saturated heterocycles. The van der Waals surface area contributed by atoms with Crippen molar-refractivity contribution < 1.29 is 40.2 Å². The number of aromatic nitrogens is 12. The maximum Gasteiger partial charge on any atom is 0.393 e. The predicted octanol–water partition coefficient (Wildman–Crippen LogP) is 12.9. The molecule has 27 heteroatoms. The average Bonchev–Trinajstić information content (AvgIpc) is 1.55. The topological polar surface area (TPSA) is 240 Å². The van der Waals surface area contributed by atoms with Gasteiger partial charge in [0.05, 0.1) is 65.6 Å². The third-order valence-corrected chi connectivity index (χ3v) is 13.4. The number of hydrogen-bond acceptors (Lipinski definition) is 14. The Labute approximate surface area is 503 Å². The van der Waals surface area contributed by atoms with E-state index in [9.17, 15) is 44.7 Å². The molecule has 2 atom stereocenters. The monoisotopic (exact) mass is 1280 g/mol. The molecule has 0 spiro atoms. The first-order chi connectivity index (χ1) is 40.9. The highest BCUT2D eigenvalue weighted by Gasteiger charge is 2.30. The highest BCUT2D eigenvalue weighted by Crippen LogP contribution is 2.30. The number of halogens is 9. The largest absolute Gasteiger partial charge is 0.393 e. The van der Waals surface area contributed by atoms with Gasteiger partial charge in [0.25, 0.3) is 11.1 Å². The molecular weight excluding hydrogens is 1210 g/mol. The van der Waals surface area contributed by atoms with Crippen LogP contribution in [-0.4, -0.2) is 106 Å². The van der Waals surface area contributed by atoms with E-state index in [-0.39, 0.29) is 56.0 Å². The van der Waals surface area contributed by atoms with Gasteiger partial charge in [0.2, 0.25) is 0 Å². The summed E-state index contributed by atoms with van der Waals surface area (Å²) in [5, 5.41) is 11.3. The van der Waals surface area contributed by atoms with Gasteiger partial charge in [-0.3, -0.25) is 23.6 Å². The summed E-state index contributed by atoms with van der Waals surface area (Å²) < 4.78 is 109. The van der Waals surface area contributed by atoms with Crippen molar-refractivity contribution in [2.24, 2.45) is 5.73 Å². The Hall–Kier alpha value is -8.14. The van der Waals surface area contributed by atoms with Crippen LogP contribution in [0.2, 0.25) is 0 Å². The Balaban J connectivity index is 0.000000205. The Kier molecular flexibility index (Phi) is 23.1. The molecule has 10 aromatic rings. The fourth-order valence-corrected chi connectivity index (χ4v) is 9.49. The van der Waals surface area contributed by atoms with Gasteiger partial charge >= 0.3 is 12.4 Å². The lowest BCUT2D eigenvalue weighted by Gasteiger charge is -2.28. The van der Waals surface area contributed by atoms with Gasteiger partial charge in [0.1, 0.15) is 62.3 Å². The number of H-pyrrole nitrogens is 2. The zero-order chi connectivity index (χ0) is 64.1. The number of aliphatic hydroxyl groups is 1. The average molecular weight is 1280 g/mol. The Bertz CT molecular complexity index is 4020. The van der Waals surface area contributed by atoms with E-state index in [0.717, 1.165) is 37.9 Å². The molecule has 6 N–H and O–H groups in total. The number of rotatable bonds is 13. The normalized spacial score (nSPS) is 12.5. The van der Waals surface area contributed by atoms with Gasteiger partial charge in [0, 0.05) is 12.1 Å². The minimum atomic E-state index is -4.43. The van der Waals surface area contributed by atoms with E-state index in [1.807, 2.05) is 6.92 Å². The number of aromatic amines is 2. The molecule has 0 saturated carbocycles. The number of anilines is 1. The molecule has 464 valence electrons. The van der Waals surface area contributed by atoms with E-state index in [1.54, 1.807) is 34.0 Å². The molecule has 4 aromatic carbocycles. The molecule has 0 amide bonds. The van der Waals surface area contributed by atoms with Crippen LogP contribution in [0.5, 0.6) is 0 Å². The number of imidazole rings is 2. The van der Waals surface area contributed by atoms with Crippen LogP contribution in [0.15, 0.2) is 124 Å². The summed E-state index contributed by atoms with van der Waals surface area (Å²) in [5.74, 6) is -0.759. The maximum absolute atomic E-state index is 14.7. The van der Waals surface area contributed by atoms with Gasteiger partial charge in [-0.25, -0.2) is 48.7 Å². The Morgan fingerprint density at radius 2 is 1.07 bits per heavy atom. The number of hydrogen-bond donors (Lipinski definition) is 5. The van der Waals surface area contributed by atoms with E-state index in [0.29, 0.717) is 47.6 Å². The molecule has 0 aliphatic rings. The first-order valence-corrected chi connectivity index (χ1v) is 28.4. The van der Waals surface area contributed by atoms with E-state index in [1.165, 1.54) is 91.8 Å². The standard InChI is InChI=1S/C24H19F4N7O.C19H17F4N3O.C8H19N.C5H3BrN4.C4H10O/c1-2-16(33-21-19-20(30-11-29-19)31-12-32-21)22-34-17-8-4-7-15(25)18(17)23(36)35(22)14-6-3-5-13(9-14)10-24(26,27)28;1-2-14(24)17-25-15-8-4-7-13(20)16(15)18(27)26(17)12-6-3-5-11(9-12)10-19(21,22)23;1-6-9(7(2)3)8(4)5;6-4-3-5(9-1-7-3)10-2-8-4;1-4(2,3)5/h3-9,11-12,16H,2,10H2,1H3,(H2,29,30,31,32,33);3-9,14H,2,10,24H2,1H3;7-8H,6H2,1-5H3;1-2H,(H,7,8,9,10);5H,1-3H3/t16-;14-;;;/m00.../s1. The second kappa shape index (κ2) is 29.5. The van der Waals surface area contributed by atoms with Crippen molar-refractivity contribution >= 4 is 65.9 Å². The smallest absolute Gasteiger partial charge is 0.391 e. The molecule has 6 aromatic heterocycles. The highest BCUT2D eigenvalue weighted by atomic mass is 79.9. The Morgan fingerprint density at radius 3 is 1.49 bits per heavy atom. The van der Waals surface area contributed by atoms with Crippen molar-refractivity contribution in [1.82, 2.24) is 63.9 Å². The first kappa shape index (κ1) is 68.0. The summed E-state index contributed by atoms with van der Waals surface area (Å²) in [7, 11) is 0. The second-order valence-electron chi connectivity index (χ2n) is 21.3. The quantitative estimate of drug-likeness (QED) is 0.0533. The van der Waals surface area contributed by atoms with Crippen LogP contribution in [0.25, 0.3) is 55.5 Å². The van der Waals surface area contributed by atoms with Crippen LogP contribution >= 0.6 is 15.9 Å². The zero-order valence-electron chi connectivity index (χ0n) is 49.4. The molecule has 0 bridgehead atoms. The second-order valence-corrected chi connectivity index (χ2v) is 22.1. The molecule has 0 radical (unpaired) electrons. The van der Waals surface area contributed by atoms with Crippen molar-refractivity contribution in [2.45, 2.75) is 137 Å². The molecule has 0 aliphatic carbocycles. The number of alkyl halides is 6. The van der Waals surface area contributed by atoms with Gasteiger partial charge < -0.3 is 26.1 Å². The van der Waals surface area contributed by atoms with Crippen LogP contribution in [-0.2, 0) is 12.8 Å². The van der Waals surface area contributed by atoms with E-state index >= 15 is 0 Å². The lowest BCUT2D eigenvalue weighted by atomic mass is 10.1. The summed E-state index contributed by atoms with van der Waals surface area (Å²) >= 11 is 3.25. The van der Waals surface area contributed by atoms with E-state index < -0.39 is 65.6 Å². The van der Waals surface area contributed by atoms with Gasteiger partial charge in [-0.15, -0.1) is 0 Å². The number of benzene rings is 4. The van der Waals surface area contributed by atoms with Crippen LogP contribution in [0, 0.1) is 11.6 Å². The molecule has 18 nitrogen and oxygen atoms in total. The summed E-state index contributed by atoms with van der Waals surface area (Å²) in [4.78, 5) is 68.0. The number of fused-ring (bicyclic) bond motifs is 4. The van der Waals surface area contributed by atoms with Crippen LogP contribution < -0.4 is 22.2 Å². The predicted molar refractivity (Wildman–Crippen MR) is 324 cm³/mol. The maximum atomic E-state index is 14.7. The van der Waals surface area contributed by atoms with E-state index in [2.05, 4.69) is 111 Å².